The van der Waals surface area contributed by atoms with E-state index < -0.39 is 5.60 Å². The van der Waals surface area contributed by atoms with E-state index in [1.807, 2.05) is 35.9 Å². The van der Waals surface area contributed by atoms with Crippen molar-refractivity contribution in [1.82, 2.24) is 24.2 Å². The van der Waals surface area contributed by atoms with Crippen molar-refractivity contribution in [1.29, 1.82) is 0 Å². The molecule has 2 aliphatic rings. The lowest BCUT2D eigenvalue weighted by atomic mass is 9.98. The van der Waals surface area contributed by atoms with E-state index in [-0.39, 0.29) is 5.56 Å². The molecule has 4 aromatic rings. The molecular weight excluding hydrogens is 490 g/mol. The molecule has 0 amide bonds. The Labute approximate surface area is 228 Å². The fourth-order valence-electron chi connectivity index (χ4n) is 5.83. The molecule has 6 rings (SSSR count). The molecule has 3 heterocycles. The number of likely N-dealkylation sites (N-methyl/N-ethyl adjacent to an activating group) is 1. The van der Waals surface area contributed by atoms with Crippen molar-refractivity contribution in [2.45, 2.75) is 38.8 Å². The Bertz CT molecular complexity index is 1630. The van der Waals surface area contributed by atoms with Crippen LogP contribution < -0.4 is 15.8 Å². The van der Waals surface area contributed by atoms with Crippen molar-refractivity contribution in [2.75, 3.05) is 43.4 Å². The first-order chi connectivity index (χ1) is 18.7. The molecule has 1 saturated heterocycles. The zero-order chi connectivity index (χ0) is 27.3. The smallest absolute Gasteiger partial charge is 0.278 e. The molecule has 1 aliphatic heterocycles. The van der Waals surface area contributed by atoms with Gasteiger partial charge in [0.05, 0.1) is 17.8 Å². The van der Waals surface area contributed by atoms with Gasteiger partial charge in [-0.3, -0.25) is 4.79 Å². The molecule has 2 aromatic heterocycles. The van der Waals surface area contributed by atoms with Gasteiger partial charge in [-0.05, 0) is 80.8 Å². The summed E-state index contributed by atoms with van der Waals surface area (Å²) in [6, 6.07) is 12.3. The lowest BCUT2D eigenvalue weighted by Gasteiger charge is -2.35. The highest BCUT2D eigenvalue weighted by atomic mass is 16.3. The van der Waals surface area contributed by atoms with Crippen molar-refractivity contribution in [3.05, 3.63) is 82.3 Å². The maximum Gasteiger partial charge on any atom is 0.278 e. The minimum Gasteiger partial charge on any atom is -0.385 e. The minimum absolute atomic E-state index is 0.184. The zero-order valence-electron chi connectivity index (χ0n) is 22.8. The number of fused-ring (bicyclic) bond motifs is 2. The highest BCUT2D eigenvalue weighted by Gasteiger charge is 2.32. The van der Waals surface area contributed by atoms with Gasteiger partial charge in [0.1, 0.15) is 5.39 Å². The maximum atomic E-state index is 13.3. The quantitative estimate of drug-likeness (QED) is 0.371. The van der Waals surface area contributed by atoms with E-state index in [9.17, 15) is 9.90 Å². The van der Waals surface area contributed by atoms with Gasteiger partial charge in [0.25, 0.3) is 5.56 Å². The topological polar surface area (TPSA) is 91.5 Å². The average molecular weight is 526 g/mol. The second kappa shape index (κ2) is 9.66. The first kappa shape index (κ1) is 25.3. The summed E-state index contributed by atoms with van der Waals surface area (Å²) >= 11 is 0. The van der Waals surface area contributed by atoms with Crippen LogP contribution in [0, 0.1) is 6.92 Å². The SMILES string of the molecule is C=CCn1c(=O)c2cnc(Nc3ccc(N4CCN(C)CC4)c(C)c3)nc2n1-c1ccc2c(c1)[C@@](C)(O)CC2. The molecule has 0 unspecified atom stereocenters. The molecule has 1 atom stereocenters. The van der Waals surface area contributed by atoms with Gasteiger partial charge in [0.15, 0.2) is 5.65 Å². The van der Waals surface area contributed by atoms with Gasteiger partial charge in [-0.25, -0.2) is 14.3 Å². The predicted octanol–water partition coefficient (Wildman–Crippen LogP) is 3.73. The standard InChI is InChI=1S/C30H35N7O2/c1-5-12-36-28(38)24-19-31-29(32-22-7-9-26(20(2)17-22)35-15-13-34(4)14-16-35)33-27(24)37(36)23-8-6-21-10-11-30(3,39)25(21)18-23/h5-9,17-19,39H,1,10-16H2,2-4H3,(H,31,32,33)/t30-/m0/s1. The average Bonchev–Trinajstić information content (AvgIpc) is 3.37. The molecule has 0 saturated carbocycles. The van der Waals surface area contributed by atoms with Crippen LogP contribution in [-0.4, -0.2) is 62.6 Å². The summed E-state index contributed by atoms with van der Waals surface area (Å²) in [5.41, 5.74) is 5.53. The zero-order valence-corrected chi connectivity index (χ0v) is 22.8. The number of benzene rings is 2. The highest BCUT2D eigenvalue weighted by molar-refractivity contribution is 5.77. The number of aliphatic hydroxyl groups is 1. The van der Waals surface area contributed by atoms with Crippen LogP contribution in [0.3, 0.4) is 0 Å². The number of hydrogen-bond donors (Lipinski definition) is 2. The van der Waals surface area contributed by atoms with Gasteiger partial charge in [-0.15, -0.1) is 6.58 Å². The molecule has 1 aliphatic carbocycles. The Hall–Kier alpha value is -3.95. The Kier molecular flexibility index (Phi) is 6.28. The fourth-order valence-corrected chi connectivity index (χ4v) is 5.83. The van der Waals surface area contributed by atoms with Crippen LogP contribution >= 0.6 is 0 Å². The van der Waals surface area contributed by atoms with Gasteiger partial charge in [0, 0.05) is 43.8 Å². The summed E-state index contributed by atoms with van der Waals surface area (Å²) in [7, 11) is 2.16. The summed E-state index contributed by atoms with van der Waals surface area (Å²) in [5, 5.41) is 14.7. The number of aromatic nitrogens is 4. The fraction of sp³-hybridized carbons (Fsp3) is 0.367. The largest absolute Gasteiger partial charge is 0.385 e. The van der Waals surface area contributed by atoms with E-state index in [1.54, 1.807) is 17.0 Å². The number of nitrogens with one attached hydrogen (secondary N) is 1. The van der Waals surface area contributed by atoms with Gasteiger partial charge in [-0.2, -0.15) is 4.98 Å². The van der Waals surface area contributed by atoms with E-state index in [0.717, 1.165) is 55.1 Å². The van der Waals surface area contributed by atoms with Crippen molar-refractivity contribution >= 4 is 28.4 Å². The molecule has 0 bridgehead atoms. The minimum atomic E-state index is -0.895. The first-order valence-electron chi connectivity index (χ1n) is 13.5. The Balaban J connectivity index is 1.37. The normalized spacial score (nSPS) is 19.4. The van der Waals surface area contributed by atoms with Crippen LogP contribution in [0.15, 0.2) is 60.0 Å². The van der Waals surface area contributed by atoms with Crippen molar-refractivity contribution in [3.8, 4) is 5.69 Å². The van der Waals surface area contributed by atoms with Crippen molar-refractivity contribution in [2.24, 2.45) is 0 Å². The third-order valence-corrected chi connectivity index (χ3v) is 8.07. The van der Waals surface area contributed by atoms with E-state index in [2.05, 4.69) is 52.8 Å². The summed E-state index contributed by atoms with van der Waals surface area (Å²) in [4.78, 5) is 27.4. The number of aryl methyl sites for hydroxylation is 2. The van der Waals surface area contributed by atoms with E-state index >= 15 is 0 Å². The molecule has 0 spiro atoms. The molecule has 2 N–H and O–H groups in total. The van der Waals surface area contributed by atoms with Gasteiger partial charge >= 0.3 is 0 Å². The van der Waals surface area contributed by atoms with Gasteiger partial charge < -0.3 is 20.2 Å². The third kappa shape index (κ3) is 4.51. The molecule has 2 aromatic carbocycles. The van der Waals surface area contributed by atoms with Crippen LogP contribution in [0.5, 0.6) is 0 Å². The maximum absolute atomic E-state index is 13.3. The predicted molar refractivity (Wildman–Crippen MR) is 155 cm³/mol. The lowest BCUT2D eigenvalue weighted by molar-refractivity contribution is 0.0594. The first-order valence-corrected chi connectivity index (χ1v) is 13.5. The van der Waals surface area contributed by atoms with Crippen LogP contribution in [0.4, 0.5) is 17.3 Å². The van der Waals surface area contributed by atoms with E-state index in [0.29, 0.717) is 29.9 Å². The molecule has 9 heteroatoms. The van der Waals surface area contributed by atoms with Gasteiger partial charge in [-0.1, -0.05) is 12.1 Å². The Morgan fingerprint density at radius 3 is 2.69 bits per heavy atom. The summed E-state index contributed by atoms with van der Waals surface area (Å²) in [6.07, 6.45) is 4.79. The molecule has 0 radical (unpaired) electrons. The van der Waals surface area contributed by atoms with Crippen molar-refractivity contribution < 1.29 is 5.11 Å². The number of allylic oxidation sites excluding steroid dienone is 1. The number of nitrogens with zero attached hydrogens (tertiary/aromatic N) is 6. The number of rotatable bonds is 6. The van der Waals surface area contributed by atoms with Crippen LogP contribution in [-0.2, 0) is 18.6 Å². The Morgan fingerprint density at radius 1 is 1.15 bits per heavy atom. The molecule has 39 heavy (non-hydrogen) atoms. The van der Waals surface area contributed by atoms with Gasteiger partial charge in [0.2, 0.25) is 5.95 Å². The second-order valence-corrected chi connectivity index (χ2v) is 11.0. The molecule has 1 fully saturated rings. The molecular formula is C30H35N7O2. The number of piperazine rings is 1. The van der Waals surface area contributed by atoms with Crippen LogP contribution in [0.25, 0.3) is 16.7 Å². The van der Waals surface area contributed by atoms with E-state index in [1.165, 1.54) is 11.3 Å². The van der Waals surface area contributed by atoms with Crippen LogP contribution in [0.1, 0.15) is 30.0 Å². The number of anilines is 3. The highest BCUT2D eigenvalue weighted by Crippen LogP contribution is 2.37. The Morgan fingerprint density at radius 2 is 1.95 bits per heavy atom. The van der Waals surface area contributed by atoms with Crippen molar-refractivity contribution in [3.63, 3.8) is 0 Å². The summed E-state index contributed by atoms with van der Waals surface area (Å²) in [5.74, 6) is 0.409. The summed E-state index contributed by atoms with van der Waals surface area (Å²) in [6.45, 7) is 12.3. The summed E-state index contributed by atoms with van der Waals surface area (Å²) < 4.78 is 3.42. The lowest BCUT2D eigenvalue weighted by Crippen LogP contribution is -2.44. The number of hydrogen-bond acceptors (Lipinski definition) is 7. The molecule has 202 valence electrons. The molecule has 9 nitrogen and oxygen atoms in total. The third-order valence-electron chi connectivity index (χ3n) is 8.07. The van der Waals surface area contributed by atoms with Crippen LogP contribution in [0.2, 0.25) is 0 Å². The monoisotopic (exact) mass is 525 g/mol. The van der Waals surface area contributed by atoms with E-state index in [4.69, 9.17) is 4.98 Å². The second-order valence-electron chi connectivity index (χ2n) is 11.0.